The van der Waals surface area contributed by atoms with Gasteiger partial charge in [-0.05, 0) is 19.1 Å². The highest BCUT2D eigenvalue weighted by molar-refractivity contribution is 7.89. The normalized spacial score (nSPS) is 17.8. The van der Waals surface area contributed by atoms with Crippen molar-refractivity contribution < 1.29 is 18.3 Å². The minimum Gasteiger partial charge on any atom is -0.395 e. The summed E-state index contributed by atoms with van der Waals surface area (Å²) in [5, 5.41) is 8.93. The first kappa shape index (κ1) is 15.9. The molecule has 0 bridgehead atoms. The summed E-state index contributed by atoms with van der Waals surface area (Å²) in [6.45, 7) is 2.77. The predicted molar refractivity (Wildman–Crippen MR) is 78.2 cm³/mol. The smallest absolute Gasteiger partial charge is 0.243 e. The predicted octanol–water partition coefficient (Wildman–Crippen LogP) is 0.210. The van der Waals surface area contributed by atoms with E-state index in [1.807, 2.05) is 6.92 Å². The maximum atomic E-state index is 12.6. The van der Waals surface area contributed by atoms with E-state index in [2.05, 4.69) is 0 Å². The Balaban J connectivity index is 2.17. The van der Waals surface area contributed by atoms with E-state index >= 15 is 0 Å². The molecule has 1 heterocycles. The van der Waals surface area contributed by atoms with E-state index in [9.17, 15) is 13.2 Å². The summed E-state index contributed by atoms with van der Waals surface area (Å²) in [6.07, 6.45) is 0.144. The third-order valence-corrected chi connectivity index (χ3v) is 5.49. The van der Waals surface area contributed by atoms with Crippen LogP contribution in [0.5, 0.6) is 0 Å². The van der Waals surface area contributed by atoms with E-state index in [1.54, 1.807) is 24.3 Å². The number of rotatable bonds is 4. The van der Waals surface area contributed by atoms with Gasteiger partial charge in [0.15, 0.2) is 0 Å². The van der Waals surface area contributed by atoms with Gasteiger partial charge in [0.1, 0.15) is 0 Å². The topological polar surface area (TPSA) is 77.9 Å². The van der Waals surface area contributed by atoms with Crippen molar-refractivity contribution in [1.82, 2.24) is 9.21 Å². The van der Waals surface area contributed by atoms with E-state index in [1.165, 1.54) is 9.21 Å². The molecule has 7 heteroatoms. The lowest BCUT2D eigenvalue weighted by atomic mass is 10.2. The van der Waals surface area contributed by atoms with Crippen molar-refractivity contribution in [1.29, 1.82) is 0 Å². The van der Waals surface area contributed by atoms with Gasteiger partial charge in [-0.1, -0.05) is 17.7 Å². The van der Waals surface area contributed by atoms with Crippen molar-refractivity contribution in [3.63, 3.8) is 0 Å². The molecule has 1 fully saturated rings. The first-order valence-electron chi connectivity index (χ1n) is 6.90. The Morgan fingerprint density at radius 1 is 1.14 bits per heavy atom. The zero-order valence-corrected chi connectivity index (χ0v) is 12.8. The molecule has 1 aliphatic rings. The Morgan fingerprint density at radius 3 is 2.43 bits per heavy atom. The lowest BCUT2D eigenvalue weighted by Gasteiger charge is -2.21. The molecule has 1 aromatic carbocycles. The number of aryl methyl sites for hydroxylation is 1. The van der Waals surface area contributed by atoms with E-state index in [4.69, 9.17) is 5.11 Å². The molecule has 6 nitrogen and oxygen atoms in total. The van der Waals surface area contributed by atoms with Gasteiger partial charge in [-0.2, -0.15) is 4.31 Å². The summed E-state index contributed by atoms with van der Waals surface area (Å²) >= 11 is 0. The third-order valence-electron chi connectivity index (χ3n) is 3.58. The van der Waals surface area contributed by atoms with Crippen molar-refractivity contribution in [3.05, 3.63) is 29.8 Å². The summed E-state index contributed by atoms with van der Waals surface area (Å²) in [5.74, 6) is -0.120. The minimum absolute atomic E-state index is 0.115. The number of amides is 1. The Labute approximate surface area is 125 Å². The van der Waals surface area contributed by atoms with Gasteiger partial charge in [-0.15, -0.1) is 0 Å². The first-order valence-corrected chi connectivity index (χ1v) is 8.34. The Kier molecular flexibility index (Phi) is 4.97. The van der Waals surface area contributed by atoms with Crippen LogP contribution in [-0.2, 0) is 14.8 Å². The van der Waals surface area contributed by atoms with Crippen LogP contribution in [-0.4, -0.2) is 61.4 Å². The van der Waals surface area contributed by atoms with Gasteiger partial charge in [0.05, 0.1) is 11.5 Å². The minimum atomic E-state index is -3.57. The number of β-amino-alcohol motifs (C(OH)–C–C–N with tert-alkyl or cyclic N) is 1. The van der Waals surface area contributed by atoms with Crippen molar-refractivity contribution >= 4 is 15.9 Å². The molecule has 1 amide bonds. The van der Waals surface area contributed by atoms with Gasteiger partial charge in [-0.25, -0.2) is 8.42 Å². The van der Waals surface area contributed by atoms with Crippen LogP contribution < -0.4 is 0 Å². The van der Waals surface area contributed by atoms with E-state index < -0.39 is 10.0 Å². The lowest BCUT2D eigenvalue weighted by Crippen LogP contribution is -2.37. The average Bonchev–Trinajstić information content (AvgIpc) is 2.63. The Morgan fingerprint density at radius 2 is 1.81 bits per heavy atom. The number of hydrogen-bond acceptors (Lipinski definition) is 4. The second kappa shape index (κ2) is 6.55. The highest BCUT2D eigenvalue weighted by atomic mass is 32.2. The molecular formula is C14H20N2O4S. The molecule has 21 heavy (non-hydrogen) atoms. The summed E-state index contributed by atoms with van der Waals surface area (Å²) < 4.78 is 26.5. The summed E-state index contributed by atoms with van der Waals surface area (Å²) in [6, 6.07) is 6.69. The number of aliphatic hydroxyl groups is 1. The molecule has 1 aliphatic heterocycles. The number of nitrogens with zero attached hydrogens (tertiary/aromatic N) is 2. The van der Waals surface area contributed by atoms with Crippen LogP contribution in [0.3, 0.4) is 0 Å². The fraction of sp³-hybridized carbons (Fsp3) is 0.500. The largest absolute Gasteiger partial charge is 0.395 e. The second-order valence-corrected chi connectivity index (χ2v) is 7.01. The maximum Gasteiger partial charge on any atom is 0.243 e. The molecule has 0 aliphatic carbocycles. The zero-order chi connectivity index (χ0) is 15.5. The summed E-state index contributed by atoms with van der Waals surface area (Å²) in [5.41, 5.74) is 0.995. The Bertz CT molecular complexity index is 598. The van der Waals surface area contributed by atoms with Gasteiger partial charge in [-0.3, -0.25) is 4.79 Å². The van der Waals surface area contributed by atoms with Crippen molar-refractivity contribution in [2.24, 2.45) is 0 Å². The number of carbonyl (C=O) groups excluding carboxylic acids is 1. The standard InChI is InChI=1S/C14H20N2O4S/c1-12-2-4-13(5-3-12)21(19,20)16-7-6-14(18)15(8-9-16)10-11-17/h2-5,17H,6-11H2,1H3. The van der Waals surface area contributed by atoms with Crippen LogP contribution in [0.4, 0.5) is 0 Å². The van der Waals surface area contributed by atoms with Crippen LogP contribution in [0, 0.1) is 6.92 Å². The molecule has 0 atom stereocenters. The molecule has 1 N–H and O–H groups in total. The average molecular weight is 312 g/mol. The maximum absolute atomic E-state index is 12.6. The number of sulfonamides is 1. The van der Waals surface area contributed by atoms with Gasteiger partial charge in [0.25, 0.3) is 0 Å². The van der Waals surface area contributed by atoms with Gasteiger partial charge in [0, 0.05) is 32.6 Å². The SMILES string of the molecule is Cc1ccc(S(=O)(=O)N2CCC(=O)N(CCO)CC2)cc1. The summed E-state index contributed by atoms with van der Waals surface area (Å²) in [7, 11) is -3.57. The quantitative estimate of drug-likeness (QED) is 0.862. The van der Waals surface area contributed by atoms with Crippen molar-refractivity contribution in [3.8, 4) is 0 Å². The van der Waals surface area contributed by atoms with E-state index in [-0.39, 0.29) is 43.5 Å². The molecule has 1 saturated heterocycles. The van der Waals surface area contributed by atoms with E-state index in [0.717, 1.165) is 5.56 Å². The van der Waals surface area contributed by atoms with Gasteiger partial charge in [0.2, 0.25) is 15.9 Å². The van der Waals surface area contributed by atoms with Crippen LogP contribution in [0.25, 0.3) is 0 Å². The van der Waals surface area contributed by atoms with Crippen molar-refractivity contribution in [2.75, 3.05) is 32.8 Å². The Hall–Kier alpha value is -1.44. The fourth-order valence-corrected chi connectivity index (χ4v) is 3.74. The molecule has 0 aromatic heterocycles. The third kappa shape index (κ3) is 3.61. The first-order chi connectivity index (χ1) is 9.95. The molecule has 2 rings (SSSR count). The number of hydrogen-bond donors (Lipinski definition) is 1. The van der Waals surface area contributed by atoms with Crippen molar-refractivity contribution in [2.45, 2.75) is 18.2 Å². The molecular weight excluding hydrogens is 292 g/mol. The zero-order valence-electron chi connectivity index (χ0n) is 12.0. The number of aliphatic hydroxyl groups excluding tert-OH is 1. The van der Waals surface area contributed by atoms with Crippen LogP contribution in [0.2, 0.25) is 0 Å². The second-order valence-electron chi connectivity index (χ2n) is 5.07. The molecule has 0 saturated carbocycles. The van der Waals surface area contributed by atoms with Gasteiger partial charge < -0.3 is 10.0 Å². The fourth-order valence-electron chi connectivity index (χ4n) is 2.30. The van der Waals surface area contributed by atoms with Crippen LogP contribution in [0.1, 0.15) is 12.0 Å². The molecule has 0 radical (unpaired) electrons. The van der Waals surface area contributed by atoms with Crippen LogP contribution >= 0.6 is 0 Å². The molecule has 1 aromatic rings. The number of benzene rings is 1. The number of carbonyl (C=O) groups is 1. The summed E-state index contributed by atoms with van der Waals surface area (Å²) in [4.78, 5) is 13.6. The van der Waals surface area contributed by atoms with E-state index in [0.29, 0.717) is 6.54 Å². The highest BCUT2D eigenvalue weighted by Crippen LogP contribution is 2.18. The highest BCUT2D eigenvalue weighted by Gasteiger charge is 2.29. The monoisotopic (exact) mass is 312 g/mol. The molecule has 0 spiro atoms. The lowest BCUT2D eigenvalue weighted by molar-refractivity contribution is -0.130. The van der Waals surface area contributed by atoms with Gasteiger partial charge >= 0.3 is 0 Å². The van der Waals surface area contributed by atoms with Crippen LogP contribution in [0.15, 0.2) is 29.2 Å². The molecule has 0 unspecified atom stereocenters. The molecule has 116 valence electrons.